The van der Waals surface area contributed by atoms with Crippen LogP contribution in [0.2, 0.25) is 0 Å². The van der Waals surface area contributed by atoms with Gasteiger partial charge in [0, 0.05) is 13.1 Å². The van der Waals surface area contributed by atoms with Crippen molar-refractivity contribution >= 4 is 15.9 Å². The maximum Gasteiger partial charge on any atom is 0.236 e. The maximum absolute atomic E-state index is 11.3. The molecule has 0 radical (unpaired) electrons. The summed E-state index contributed by atoms with van der Waals surface area (Å²) in [7, 11) is -3.46. The molecule has 0 aliphatic heterocycles. The molecule has 0 aromatic carbocycles. The van der Waals surface area contributed by atoms with Gasteiger partial charge in [-0.1, -0.05) is 6.92 Å². The molecule has 6 nitrogen and oxygen atoms in total. The van der Waals surface area contributed by atoms with Crippen LogP contribution in [0.5, 0.6) is 0 Å². The lowest BCUT2D eigenvalue weighted by atomic mass is 10.3. The number of primary sulfonamides is 1. The van der Waals surface area contributed by atoms with Crippen LogP contribution < -0.4 is 15.8 Å². The van der Waals surface area contributed by atoms with Crippen molar-refractivity contribution in [1.29, 1.82) is 0 Å². The lowest BCUT2D eigenvalue weighted by molar-refractivity contribution is -0.122. The van der Waals surface area contributed by atoms with E-state index >= 15 is 0 Å². The van der Waals surface area contributed by atoms with Crippen molar-refractivity contribution in [2.24, 2.45) is 5.14 Å². The van der Waals surface area contributed by atoms with Gasteiger partial charge in [0.15, 0.2) is 0 Å². The molecule has 0 heterocycles. The lowest BCUT2D eigenvalue weighted by Crippen LogP contribution is -2.44. The summed E-state index contributed by atoms with van der Waals surface area (Å²) < 4.78 is 21.2. The molecule has 90 valence electrons. The standard InChI is InChI=1S/C8H19N3O3S/c1-3-4-11-8(12)7(2)10-5-6-15(9,13)14/h7,10H,3-6H2,1-2H3,(H,11,12)(H2,9,13,14). The monoisotopic (exact) mass is 237 g/mol. The van der Waals surface area contributed by atoms with E-state index in [2.05, 4.69) is 10.6 Å². The zero-order chi connectivity index (χ0) is 11.9. The van der Waals surface area contributed by atoms with Gasteiger partial charge < -0.3 is 10.6 Å². The number of amides is 1. The van der Waals surface area contributed by atoms with E-state index < -0.39 is 16.1 Å². The van der Waals surface area contributed by atoms with Crippen LogP contribution in [0.25, 0.3) is 0 Å². The van der Waals surface area contributed by atoms with Crippen molar-refractivity contribution in [3.63, 3.8) is 0 Å². The number of carbonyl (C=O) groups excluding carboxylic acids is 1. The largest absolute Gasteiger partial charge is 0.355 e. The van der Waals surface area contributed by atoms with Crippen molar-refractivity contribution in [2.45, 2.75) is 26.3 Å². The van der Waals surface area contributed by atoms with Gasteiger partial charge in [0.1, 0.15) is 0 Å². The summed E-state index contributed by atoms with van der Waals surface area (Å²) >= 11 is 0. The van der Waals surface area contributed by atoms with Crippen LogP contribution in [0, 0.1) is 0 Å². The Morgan fingerprint density at radius 1 is 1.40 bits per heavy atom. The Morgan fingerprint density at radius 2 is 2.00 bits per heavy atom. The zero-order valence-corrected chi connectivity index (χ0v) is 9.93. The molecule has 0 bridgehead atoms. The smallest absolute Gasteiger partial charge is 0.236 e. The van der Waals surface area contributed by atoms with E-state index in [0.29, 0.717) is 6.54 Å². The predicted molar refractivity (Wildman–Crippen MR) is 58.7 cm³/mol. The number of nitrogens with one attached hydrogen (secondary N) is 2. The molecule has 0 aromatic heterocycles. The average Bonchev–Trinajstić information content (AvgIpc) is 2.11. The van der Waals surface area contributed by atoms with Gasteiger partial charge in [0.2, 0.25) is 15.9 Å². The van der Waals surface area contributed by atoms with E-state index in [0.717, 1.165) is 6.42 Å². The third kappa shape index (κ3) is 8.34. The molecule has 0 fully saturated rings. The molecule has 7 heteroatoms. The van der Waals surface area contributed by atoms with Crippen molar-refractivity contribution in [3.8, 4) is 0 Å². The SMILES string of the molecule is CCCNC(=O)C(C)NCCS(N)(=O)=O. The Labute approximate surface area is 90.7 Å². The van der Waals surface area contributed by atoms with Gasteiger partial charge in [-0.3, -0.25) is 4.79 Å². The molecule has 0 aliphatic carbocycles. The molecule has 0 spiro atoms. The molecule has 0 saturated carbocycles. The lowest BCUT2D eigenvalue weighted by Gasteiger charge is -2.12. The summed E-state index contributed by atoms with van der Waals surface area (Å²) in [6, 6.07) is -0.404. The van der Waals surface area contributed by atoms with Gasteiger partial charge in [-0.05, 0) is 13.3 Å². The van der Waals surface area contributed by atoms with E-state index in [9.17, 15) is 13.2 Å². The molecule has 1 amide bonds. The van der Waals surface area contributed by atoms with Crippen LogP contribution in [-0.2, 0) is 14.8 Å². The zero-order valence-electron chi connectivity index (χ0n) is 9.12. The Morgan fingerprint density at radius 3 is 2.47 bits per heavy atom. The van der Waals surface area contributed by atoms with Crippen LogP contribution >= 0.6 is 0 Å². The molecule has 1 unspecified atom stereocenters. The number of hydrogen-bond acceptors (Lipinski definition) is 4. The fourth-order valence-corrected chi connectivity index (χ4v) is 1.31. The average molecular weight is 237 g/mol. The van der Waals surface area contributed by atoms with Crippen LogP contribution in [0.15, 0.2) is 0 Å². The van der Waals surface area contributed by atoms with Crippen LogP contribution in [0.3, 0.4) is 0 Å². The van der Waals surface area contributed by atoms with Crippen molar-refractivity contribution in [2.75, 3.05) is 18.8 Å². The molecule has 0 rings (SSSR count). The molecule has 1 atom stereocenters. The third-order valence-corrected chi connectivity index (χ3v) is 2.55. The second-order valence-corrected chi connectivity index (χ2v) is 5.07. The molecule has 15 heavy (non-hydrogen) atoms. The number of nitrogens with two attached hydrogens (primary N) is 1. The Balaban J connectivity index is 3.74. The third-order valence-electron chi connectivity index (χ3n) is 1.78. The molecule has 0 aliphatic rings. The first kappa shape index (κ1) is 14.3. The fourth-order valence-electron chi connectivity index (χ4n) is 0.912. The van der Waals surface area contributed by atoms with E-state index in [1.807, 2.05) is 6.92 Å². The van der Waals surface area contributed by atoms with Crippen LogP contribution in [-0.4, -0.2) is 39.2 Å². The minimum atomic E-state index is -3.46. The second kappa shape index (κ2) is 6.76. The van der Waals surface area contributed by atoms with Crippen molar-refractivity contribution in [1.82, 2.24) is 10.6 Å². The number of rotatable bonds is 7. The van der Waals surface area contributed by atoms with E-state index in [4.69, 9.17) is 5.14 Å². The van der Waals surface area contributed by atoms with E-state index in [-0.39, 0.29) is 18.2 Å². The van der Waals surface area contributed by atoms with Crippen molar-refractivity contribution in [3.05, 3.63) is 0 Å². The highest BCUT2D eigenvalue weighted by molar-refractivity contribution is 7.89. The van der Waals surface area contributed by atoms with Gasteiger partial charge in [-0.25, -0.2) is 13.6 Å². The summed E-state index contributed by atoms with van der Waals surface area (Å²) in [4.78, 5) is 11.3. The summed E-state index contributed by atoms with van der Waals surface area (Å²) in [6.45, 7) is 4.44. The molecule has 0 saturated heterocycles. The van der Waals surface area contributed by atoms with Crippen LogP contribution in [0.1, 0.15) is 20.3 Å². The Bertz CT molecular complexity index is 290. The summed E-state index contributed by atoms with van der Waals surface area (Å²) in [5, 5.41) is 10.3. The van der Waals surface area contributed by atoms with Crippen LogP contribution in [0.4, 0.5) is 0 Å². The topological polar surface area (TPSA) is 101 Å². The summed E-state index contributed by atoms with van der Waals surface area (Å²) in [6.07, 6.45) is 0.871. The first-order valence-electron chi connectivity index (χ1n) is 4.88. The minimum absolute atomic E-state index is 0.133. The summed E-state index contributed by atoms with van der Waals surface area (Å²) in [5.41, 5.74) is 0. The molecular weight excluding hydrogens is 218 g/mol. The highest BCUT2D eigenvalue weighted by atomic mass is 32.2. The molecular formula is C8H19N3O3S. The van der Waals surface area contributed by atoms with E-state index in [1.54, 1.807) is 6.92 Å². The molecule has 4 N–H and O–H groups in total. The quantitative estimate of drug-likeness (QED) is 0.516. The van der Waals surface area contributed by atoms with Gasteiger partial charge in [-0.2, -0.15) is 0 Å². The van der Waals surface area contributed by atoms with Crippen molar-refractivity contribution < 1.29 is 13.2 Å². The Kier molecular flexibility index (Phi) is 6.46. The van der Waals surface area contributed by atoms with Gasteiger partial charge in [-0.15, -0.1) is 0 Å². The first-order valence-corrected chi connectivity index (χ1v) is 6.60. The second-order valence-electron chi connectivity index (χ2n) is 3.33. The number of hydrogen-bond donors (Lipinski definition) is 3. The highest BCUT2D eigenvalue weighted by Gasteiger charge is 2.11. The maximum atomic E-state index is 11.3. The van der Waals surface area contributed by atoms with Gasteiger partial charge >= 0.3 is 0 Å². The normalized spacial score (nSPS) is 13.5. The Hall–Kier alpha value is -0.660. The first-order chi connectivity index (χ1) is 6.87. The predicted octanol–water partition coefficient (Wildman–Crippen LogP) is -1.22. The number of carbonyl (C=O) groups is 1. The van der Waals surface area contributed by atoms with Gasteiger partial charge in [0.05, 0.1) is 11.8 Å². The van der Waals surface area contributed by atoms with E-state index in [1.165, 1.54) is 0 Å². The molecule has 0 aromatic rings. The summed E-state index contributed by atoms with van der Waals surface area (Å²) in [5.74, 6) is -0.301. The minimum Gasteiger partial charge on any atom is -0.355 e. The highest BCUT2D eigenvalue weighted by Crippen LogP contribution is 1.83. The fraction of sp³-hybridized carbons (Fsp3) is 0.875. The number of sulfonamides is 1. The van der Waals surface area contributed by atoms with Gasteiger partial charge in [0.25, 0.3) is 0 Å².